The number of hydrogen-bond donors (Lipinski definition) is 2. The minimum absolute atomic E-state index is 0.0658. The molecule has 0 atom stereocenters. The Kier molecular flexibility index (Phi) is 5.77. The summed E-state index contributed by atoms with van der Waals surface area (Å²) in [6, 6.07) is 2.54. The molecule has 0 saturated carbocycles. The van der Waals surface area contributed by atoms with Crippen LogP contribution in [0.5, 0.6) is 0 Å². The first kappa shape index (κ1) is 16.5. The van der Waals surface area contributed by atoms with Gasteiger partial charge in [0.05, 0.1) is 13.0 Å². The molecule has 0 spiro atoms. The standard InChI is InChI=1S/C13H14F2N2O4/c1-17(12(19)2-3-13(20)21)7-11(18)16-10-5-8(14)4-9(15)6-10/h4-6H,2-3,7H2,1H3,(H,16,18)(H,20,21). The highest BCUT2D eigenvalue weighted by Crippen LogP contribution is 2.12. The summed E-state index contributed by atoms with van der Waals surface area (Å²) in [6.45, 7) is -0.351. The van der Waals surface area contributed by atoms with Crippen molar-refractivity contribution in [3.8, 4) is 0 Å². The average Bonchev–Trinajstić information content (AvgIpc) is 2.34. The van der Waals surface area contributed by atoms with Crippen molar-refractivity contribution in [2.24, 2.45) is 0 Å². The van der Waals surface area contributed by atoms with Gasteiger partial charge in [0.25, 0.3) is 0 Å². The summed E-state index contributed by atoms with van der Waals surface area (Å²) in [4.78, 5) is 34.5. The molecule has 0 radical (unpaired) electrons. The van der Waals surface area contributed by atoms with Crippen LogP contribution in [0, 0.1) is 11.6 Å². The average molecular weight is 300 g/mol. The lowest BCUT2D eigenvalue weighted by Gasteiger charge is -2.16. The van der Waals surface area contributed by atoms with Crippen LogP contribution in [0.3, 0.4) is 0 Å². The third kappa shape index (κ3) is 5.98. The zero-order valence-electron chi connectivity index (χ0n) is 11.2. The van der Waals surface area contributed by atoms with Gasteiger partial charge in [0.1, 0.15) is 11.6 Å². The number of nitrogens with zero attached hydrogens (tertiary/aromatic N) is 1. The van der Waals surface area contributed by atoms with Gasteiger partial charge in [-0.2, -0.15) is 0 Å². The number of carboxylic acid groups (broad SMARTS) is 1. The topological polar surface area (TPSA) is 86.7 Å². The number of nitrogens with one attached hydrogen (secondary N) is 1. The summed E-state index contributed by atoms with van der Waals surface area (Å²) < 4.78 is 25.9. The molecular formula is C13H14F2N2O4. The zero-order chi connectivity index (χ0) is 16.0. The van der Waals surface area contributed by atoms with Crippen molar-refractivity contribution < 1.29 is 28.3 Å². The molecule has 6 nitrogen and oxygen atoms in total. The minimum Gasteiger partial charge on any atom is -0.481 e. The van der Waals surface area contributed by atoms with Gasteiger partial charge < -0.3 is 15.3 Å². The van der Waals surface area contributed by atoms with Crippen LogP contribution < -0.4 is 5.32 Å². The van der Waals surface area contributed by atoms with E-state index >= 15 is 0 Å². The first-order chi connectivity index (χ1) is 9.77. The van der Waals surface area contributed by atoms with E-state index in [9.17, 15) is 23.2 Å². The van der Waals surface area contributed by atoms with Crippen LogP contribution in [0.25, 0.3) is 0 Å². The van der Waals surface area contributed by atoms with E-state index in [0.29, 0.717) is 6.07 Å². The lowest BCUT2D eigenvalue weighted by Crippen LogP contribution is -2.35. The number of anilines is 1. The molecule has 1 aromatic carbocycles. The number of amides is 2. The molecule has 0 aromatic heterocycles. The third-order valence-corrected chi connectivity index (χ3v) is 2.51. The van der Waals surface area contributed by atoms with Gasteiger partial charge in [-0.1, -0.05) is 0 Å². The van der Waals surface area contributed by atoms with Crippen LogP contribution in [-0.2, 0) is 14.4 Å². The fourth-order valence-corrected chi connectivity index (χ4v) is 1.53. The van der Waals surface area contributed by atoms with Gasteiger partial charge in [-0.25, -0.2) is 8.78 Å². The predicted octanol–water partition coefficient (Wildman–Crippen LogP) is 1.23. The summed E-state index contributed by atoms with van der Waals surface area (Å²) in [5, 5.41) is 10.7. The molecule has 0 fully saturated rings. The van der Waals surface area contributed by atoms with E-state index in [1.807, 2.05) is 0 Å². The molecule has 0 saturated heterocycles. The summed E-state index contributed by atoms with van der Waals surface area (Å²) >= 11 is 0. The molecule has 2 N–H and O–H groups in total. The van der Waals surface area contributed by atoms with Crippen LogP contribution in [-0.4, -0.2) is 41.4 Å². The lowest BCUT2D eigenvalue weighted by atomic mass is 10.2. The van der Waals surface area contributed by atoms with E-state index < -0.39 is 29.4 Å². The SMILES string of the molecule is CN(CC(=O)Nc1cc(F)cc(F)c1)C(=O)CCC(=O)O. The maximum Gasteiger partial charge on any atom is 0.303 e. The fourth-order valence-electron chi connectivity index (χ4n) is 1.53. The quantitative estimate of drug-likeness (QED) is 0.827. The molecule has 0 heterocycles. The van der Waals surface area contributed by atoms with Gasteiger partial charge in [0.2, 0.25) is 11.8 Å². The van der Waals surface area contributed by atoms with Crippen molar-refractivity contribution in [3.63, 3.8) is 0 Å². The van der Waals surface area contributed by atoms with Gasteiger partial charge in [-0.3, -0.25) is 14.4 Å². The molecule has 2 amide bonds. The van der Waals surface area contributed by atoms with Gasteiger partial charge >= 0.3 is 5.97 Å². The van der Waals surface area contributed by atoms with E-state index in [0.717, 1.165) is 17.0 Å². The number of benzene rings is 1. The van der Waals surface area contributed by atoms with Crippen molar-refractivity contribution in [2.45, 2.75) is 12.8 Å². The van der Waals surface area contributed by atoms with E-state index in [-0.39, 0.29) is 25.1 Å². The van der Waals surface area contributed by atoms with Gasteiger partial charge in [-0.05, 0) is 12.1 Å². The summed E-state index contributed by atoms with van der Waals surface area (Å²) in [5.41, 5.74) is -0.0658. The van der Waals surface area contributed by atoms with Gasteiger partial charge in [0, 0.05) is 25.2 Å². The zero-order valence-corrected chi connectivity index (χ0v) is 11.2. The molecule has 8 heteroatoms. The molecule has 1 aromatic rings. The van der Waals surface area contributed by atoms with E-state index in [1.165, 1.54) is 7.05 Å². The van der Waals surface area contributed by atoms with Crippen molar-refractivity contribution >= 4 is 23.5 Å². The van der Waals surface area contributed by atoms with E-state index in [1.54, 1.807) is 0 Å². The summed E-state index contributed by atoms with van der Waals surface area (Å²) in [5.74, 6) is -3.95. The number of halogens is 2. The second-order valence-corrected chi connectivity index (χ2v) is 4.35. The van der Waals surface area contributed by atoms with Crippen molar-refractivity contribution in [1.29, 1.82) is 0 Å². The summed E-state index contributed by atoms with van der Waals surface area (Å²) in [6.07, 6.45) is -0.562. The predicted molar refractivity (Wildman–Crippen MR) is 69.5 cm³/mol. The molecule has 114 valence electrons. The minimum atomic E-state index is -1.11. The molecule has 0 aliphatic heterocycles. The number of likely N-dealkylation sites (N-methyl/N-ethyl adjacent to an activating group) is 1. The molecule has 1 rings (SSSR count). The Morgan fingerprint density at radius 3 is 2.24 bits per heavy atom. The summed E-state index contributed by atoms with van der Waals surface area (Å²) in [7, 11) is 1.33. The first-order valence-electron chi connectivity index (χ1n) is 5.99. The van der Waals surface area contributed by atoms with Crippen LogP contribution in [0.2, 0.25) is 0 Å². The van der Waals surface area contributed by atoms with Crippen LogP contribution >= 0.6 is 0 Å². The van der Waals surface area contributed by atoms with Gasteiger partial charge in [0.15, 0.2) is 0 Å². The largest absolute Gasteiger partial charge is 0.481 e. The molecule has 0 aliphatic rings. The molecular weight excluding hydrogens is 286 g/mol. The number of carboxylic acids is 1. The first-order valence-corrected chi connectivity index (χ1v) is 5.99. The van der Waals surface area contributed by atoms with Crippen LogP contribution in [0.1, 0.15) is 12.8 Å². The van der Waals surface area contributed by atoms with E-state index in [2.05, 4.69) is 5.32 Å². The monoisotopic (exact) mass is 300 g/mol. The van der Waals surface area contributed by atoms with Crippen molar-refractivity contribution in [2.75, 3.05) is 18.9 Å². The Bertz CT molecular complexity index is 543. The Labute approximate surface area is 119 Å². The maximum absolute atomic E-state index is 12.9. The molecule has 0 bridgehead atoms. The van der Waals surface area contributed by atoms with Crippen LogP contribution in [0.15, 0.2) is 18.2 Å². The number of carbonyl (C=O) groups is 3. The highest BCUT2D eigenvalue weighted by molar-refractivity contribution is 5.94. The molecule has 0 aliphatic carbocycles. The smallest absolute Gasteiger partial charge is 0.303 e. The third-order valence-electron chi connectivity index (χ3n) is 2.51. The number of carbonyl (C=O) groups excluding carboxylic acids is 2. The van der Waals surface area contributed by atoms with Gasteiger partial charge in [-0.15, -0.1) is 0 Å². The highest BCUT2D eigenvalue weighted by atomic mass is 19.1. The Balaban J connectivity index is 2.52. The number of aliphatic carboxylic acids is 1. The lowest BCUT2D eigenvalue weighted by molar-refractivity contribution is -0.140. The molecule has 21 heavy (non-hydrogen) atoms. The molecule has 0 unspecified atom stereocenters. The number of hydrogen-bond acceptors (Lipinski definition) is 3. The highest BCUT2D eigenvalue weighted by Gasteiger charge is 2.14. The number of rotatable bonds is 6. The van der Waals surface area contributed by atoms with Crippen molar-refractivity contribution in [3.05, 3.63) is 29.8 Å². The fraction of sp³-hybridized carbons (Fsp3) is 0.308. The Morgan fingerprint density at radius 2 is 1.71 bits per heavy atom. The Morgan fingerprint density at radius 1 is 1.14 bits per heavy atom. The maximum atomic E-state index is 12.9. The van der Waals surface area contributed by atoms with E-state index in [4.69, 9.17) is 5.11 Å². The second-order valence-electron chi connectivity index (χ2n) is 4.35. The second kappa shape index (κ2) is 7.32. The van der Waals surface area contributed by atoms with Crippen molar-refractivity contribution in [1.82, 2.24) is 4.90 Å². The Hall–Kier alpha value is -2.51. The normalized spacial score (nSPS) is 10.0. The van der Waals surface area contributed by atoms with Crippen LogP contribution in [0.4, 0.5) is 14.5 Å².